The Morgan fingerprint density at radius 2 is 2.19 bits per heavy atom. The van der Waals surface area contributed by atoms with Gasteiger partial charge in [0, 0.05) is 18.1 Å². The fraction of sp³-hybridized carbons (Fsp3) is 0.312. The molecule has 0 aliphatic rings. The van der Waals surface area contributed by atoms with Gasteiger partial charge in [0.15, 0.2) is 0 Å². The van der Waals surface area contributed by atoms with Crippen molar-refractivity contribution in [1.29, 1.82) is 0 Å². The molecule has 2 heterocycles. The lowest BCUT2D eigenvalue weighted by Crippen LogP contribution is -2.24. The Bertz CT molecular complexity index is 747. The maximum Gasteiger partial charge on any atom is 0.148 e. The van der Waals surface area contributed by atoms with Gasteiger partial charge in [-0.1, -0.05) is 19.1 Å². The van der Waals surface area contributed by atoms with Crippen LogP contribution in [-0.2, 0) is 6.54 Å². The molecule has 1 unspecified atom stereocenters. The van der Waals surface area contributed by atoms with Gasteiger partial charge in [-0.15, -0.1) is 0 Å². The van der Waals surface area contributed by atoms with Gasteiger partial charge in [-0.2, -0.15) is 5.10 Å². The summed E-state index contributed by atoms with van der Waals surface area (Å²) in [6, 6.07) is 10.2. The number of hydrogen-bond acceptors (Lipinski definition) is 3. The summed E-state index contributed by atoms with van der Waals surface area (Å²) >= 11 is 3.54. The summed E-state index contributed by atoms with van der Waals surface area (Å²) in [5, 5.41) is 8.95. The van der Waals surface area contributed by atoms with Crippen LogP contribution in [-0.4, -0.2) is 16.3 Å². The molecule has 0 fully saturated rings. The average Bonchev–Trinajstić information content (AvgIpc) is 3.11. The Morgan fingerprint density at radius 1 is 1.33 bits per heavy atom. The van der Waals surface area contributed by atoms with Crippen LogP contribution >= 0.6 is 15.9 Å². The van der Waals surface area contributed by atoms with Crippen LogP contribution in [0.15, 0.2) is 45.4 Å². The second-order valence-corrected chi connectivity index (χ2v) is 5.72. The molecule has 110 valence electrons. The van der Waals surface area contributed by atoms with Crippen molar-refractivity contribution in [2.24, 2.45) is 0 Å². The molecule has 0 saturated heterocycles. The highest BCUT2D eigenvalue weighted by molar-refractivity contribution is 9.10. The maximum atomic E-state index is 6.09. The summed E-state index contributed by atoms with van der Waals surface area (Å²) in [6.45, 7) is 5.89. The molecule has 1 atom stereocenters. The van der Waals surface area contributed by atoms with Crippen LogP contribution in [0.1, 0.15) is 31.3 Å². The maximum absolute atomic E-state index is 6.09. The summed E-state index contributed by atoms with van der Waals surface area (Å²) in [7, 11) is 0. The lowest BCUT2D eigenvalue weighted by molar-refractivity contribution is 0.451. The summed E-state index contributed by atoms with van der Waals surface area (Å²) in [5.74, 6) is 0.911. The first kappa shape index (κ1) is 14.4. The molecule has 3 rings (SSSR count). The van der Waals surface area contributed by atoms with Gasteiger partial charge in [-0.3, -0.25) is 4.68 Å². The number of aryl methyl sites for hydroxylation is 1. The van der Waals surface area contributed by atoms with Crippen molar-refractivity contribution in [3.05, 3.63) is 52.5 Å². The van der Waals surface area contributed by atoms with Crippen molar-refractivity contribution in [3.63, 3.8) is 0 Å². The summed E-state index contributed by atoms with van der Waals surface area (Å²) in [6.07, 6.45) is 1.84. The van der Waals surface area contributed by atoms with E-state index in [4.69, 9.17) is 4.42 Å². The molecule has 1 N–H and O–H groups in total. The van der Waals surface area contributed by atoms with Crippen LogP contribution < -0.4 is 5.32 Å². The minimum Gasteiger partial charge on any atom is -0.458 e. The third-order valence-corrected chi connectivity index (χ3v) is 4.18. The molecule has 21 heavy (non-hydrogen) atoms. The molecule has 1 aromatic carbocycles. The van der Waals surface area contributed by atoms with Gasteiger partial charge in [0.25, 0.3) is 0 Å². The number of halogens is 1. The number of hydrogen-bond donors (Lipinski definition) is 1. The van der Waals surface area contributed by atoms with E-state index in [1.165, 1.54) is 0 Å². The molecule has 2 aromatic heterocycles. The van der Waals surface area contributed by atoms with Gasteiger partial charge >= 0.3 is 0 Å². The van der Waals surface area contributed by atoms with Gasteiger partial charge in [0.1, 0.15) is 17.4 Å². The summed E-state index contributed by atoms with van der Waals surface area (Å²) in [4.78, 5) is 0. The minimum atomic E-state index is 0.0109. The van der Waals surface area contributed by atoms with Crippen LogP contribution in [0.4, 0.5) is 0 Å². The number of para-hydroxylation sites is 1. The SMILES string of the molecule is CCNC(c1cc2cccc(Br)c2o1)c1ccnn1CC. The number of fused-ring (bicyclic) bond motifs is 1. The minimum absolute atomic E-state index is 0.0109. The van der Waals surface area contributed by atoms with Gasteiger partial charge in [0.2, 0.25) is 0 Å². The molecule has 0 spiro atoms. The number of furan rings is 1. The van der Waals surface area contributed by atoms with Crippen LogP contribution in [0.3, 0.4) is 0 Å². The van der Waals surface area contributed by atoms with Crippen molar-refractivity contribution in [1.82, 2.24) is 15.1 Å². The Balaban J connectivity index is 2.09. The van der Waals surface area contributed by atoms with Crippen LogP contribution in [0.5, 0.6) is 0 Å². The highest BCUT2D eigenvalue weighted by atomic mass is 79.9. The second-order valence-electron chi connectivity index (χ2n) is 4.87. The van der Waals surface area contributed by atoms with E-state index in [-0.39, 0.29) is 6.04 Å². The first-order valence-corrected chi connectivity index (χ1v) is 7.97. The van der Waals surface area contributed by atoms with E-state index >= 15 is 0 Å². The zero-order valence-corrected chi connectivity index (χ0v) is 13.7. The molecule has 0 aliphatic heterocycles. The lowest BCUT2D eigenvalue weighted by Gasteiger charge is -2.16. The van der Waals surface area contributed by atoms with E-state index in [9.17, 15) is 0 Å². The summed E-state index contributed by atoms with van der Waals surface area (Å²) < 4.78 is 9.06. The molecule has 0 bridgehead atoms. The Morgan fingerprint density at radius 3 is 2.90 bits per heavy atom. The normalized spacial score (nSPS) is 12.9. The fourth-order valence-corrected chi connectivity index (χ4v) is 3.06. The highest BCUT2D eigenvalue weighted by Gasteiger charge is 2.21. The van der Waals surface area contributed by atoms with E-state index < -0.39 is 0 Å². The Labute approximate surface area is 132 Å². The third kappa shape index (κ3) is 2.63. The zero-order chi connectivity index (χ0) is 14.8. The number of nitrogens with zero attached hydrogens (tertiary/aromatic N) is 2. The number of nitrogens with one attached hydrogen (secondary N) is 1. The smallest absolute Gasteiger partial charge is 0.148 e. The predicted octanol–water partition coefficient (Wildman–Crippen LogP) is 4.11. The van der Waals surface area contributed by atoms with E-state index in [1.807, 2.05) is 29.1 Å². The fourth-order valence-electron chi connectivity index (χ4n) is 2.60. The van der Waals surface area contributed by atoms with E-state index in [0.717, 1.165) is 40.0 Å². The van der Waals surface area contributed by atoms with Gasteiger partial charge in [0.05, 0.1) is 10.2 Å². The standard InChI is InChI=1S/C16H18BrN3O/c1-3-18-15(13-8-9-19-20(13)4-2)14-10-11-6-5-7-12(17)16(11)21-14/h5-10,15,18H,3-4H2,1-2H3. The average molecular weight is 348 g/mol. The van der Waals surface area contributed by atoms with E-state index in [0.29, 0.717) is 0 Å². The Hall–Kier alpha value is -1.59. The zero-order valence-electron chi connectivity index (χ0n) is 12.1. The quantitative estimate of drug-likeness (QED) is 0.755. The van der Waals surface area contributed by atoms with Crippen LogP contribution in [0.2, 0.25) is 0 Å². The molecular weight excluding hydrogens is 330 g/mol. The topological polar surface area (TPSA) is 43.0 Å². The molecule has 3 aromatic rings. The predicted molar refractivity (Wildman–Crippen MR) is 87.3 cm³/mol. The monoisotopic (exact) mass is 347 g/mol. The Kier molecular flexibility index (Phi) is 4.12. The van der Waals surface area contributed by atoms with Crippen molar-refractivity contribution >= 4 is 26.9 Å². The first-order valence-electron chi connectivity index (χ1n) is 7.17. The van der Waals surface area contributed by atoms with Crippen molar-refractivity contribution < 1.29 is 4.42 Å². The van der Waals surface area contributed by atoms with Crippen molar-refractivity contribution in [2.45, 2.75) is 26.4 Å². The van der Waals surface area contributed by atoms with E-state index in [1.54, 1.807) is 0 Å². The number of rotatable bonds is 5. The molecular formula is C16H18BrN3O. The van der Waals surface area contributed by atoms with Crippen molar-refractivity contribution in [2.75, 3.05) is 6.54 Å². The summed E-state index contributed by atoms with van der Waals surface area (Å²) in [5.41, 5.74) is 2.01. The number of aromatic nitrogens is 2. The van der Waals surface area contributed by atoms with E-state index in [2.05, 4.69) is 52.3 Å². The first-order chi connectivity index (χ1) is 10.2. The molecule has 0 radical (unpaired) electrons. The van der Waals surface area contributed by atoms with Gasteiger partial charge < -0.3 is 9.73 Å². The molecule has 0 amide bonds. The van der Waals surface area contributed by atoms with Gasteiger partial charge in [-0.25, -0.2) is 0 Å². The third-order valence-electron chi connectivity index (χ3n) is 3.55. The lowest BCUT2D eigenvalue weighted by atomic mass is 10.1. The molecule has 0 saturated carbocycles. The molecule has 0 aliphatic carbocycles. The van der Waals surface area contributed by atoms with Crippen molar-refractivity contribution in [3.8, 4) is 0 Å². The molecule has 5 heteroatoms. The number of benzene rings is 1. The highest BCUT2D eigenvalue weighted by Crippen LogP contribution is 2.32. The van der Waals surface area contributed by atoms with Gasteiger partial charge in [-0.05, 0) is 47.6 Å². The molecule has 4 nitrogen and oxygen atoms in total. The van der Waals surface area contributed by atoms with Crippen LogP contribution in [0, 0.1) is 0 Å². The largest absolute Gasteiger partial charge is 0.458 e. The second kappa shape index (κ2) is 6.03. The van der Waals surface area contributed by atoms with Crippen LogP contribution in [0.25, 0.3) is 11.0 Å².